The summed E-state index contributed by atoms with van der Waals surface area (Å²) in [4.78, 5) is 3.96. The van der Waals surface area contributed by atoms with Crippen molar-refractivity contribution in [1.82, 2.24) is 15.5 Å². The van der Waals surface area contributed by atoms with Crippen LogP contribution in [0.1, 0.15) is 17.0 Å². The largest absolute Gasteiger partial charge is 0.380 e. The van der Waals surface area contributed by atoms with E-state index in [2.05, 4.69) is 44.2 Å². The summed E-state index contributed by atoms with van der Waals surface area (Å²) in [7, 11) is 1.70. The first kappa shape index (κ1) is 12.7. The Morgan fingerprint density at radius 3 is 2.67 bits per heavy atom. The molecule has 2 aromatic rings. The summed E-state index contributed by atoms with van der Waals surface area (Å²) >= 11 is 0. The van der Waals surface area contributed by atoms with Gasteiger partial charge in [0, 0.05) is 26.6 Å². The Morgan fingerprint density at radius 1 is 1.22 bits per heavy atom. The van der Waals surface area contributed by atoms with E-state index in [9.17, 15) is 0 Å². The molecule has 0 unspecified atom stereocenters. The van der Waals surface area contributed by atoms with Crippen LogP contribution in [0.4, 0.5) is 0 Å². The number of methoxy groups -OCH3 is 1. The molecule has 1 aromatic carbocycles. The number of hydrogen-bond acceptors (Lipinski definition) is 5. The van der Waals surface area contributed by atoms with Gasteiger partial charge in [-0.2, -0.15) is 4.98 Å². The predicted molar refractivity (Wildman–Crippen MR) is 66.9 cm³/mol. The normalized spacial score (nSPS) is 10.7. The molecular formula is C13H17N3O2. The molecule has 0 atom stereocenters. The lowest BCUT2D eigenvalue weighted by atomic mass is 10.1. The second-order valence-corrected chi connectivity index (χ2v) is 4.02. The molecule has 0 aliphatic carbocycles. The van der Waals surface area contributed by atoms with Crippen LogP contribution in [-0.2, 0) is 24.3 Å². The maximum absolute atomic E-state index is 5.07. The topological polar surface area (TPSA) is 60.2 Å². The Kier molecular flexibility index (Phi) is 4.87. The summed E-state index contributed by atoms with van der Waals surface area (Å²) in [6.07, 6.45) is 2.13. The lowest BCUT2D eigenvalue weighted by molar-refractivity contribution is 0.185. The molecule has 0 spiro atoms. The van der Waals surface area contributed by atoms with Crippen LogP contribution in [0.3, 0.4) is 0 Å². The van der Waals surface area contributed by atoms with Gasteiger partial charge in [-0.25, -0.2) is 0 Å². The van der Waals surface area contributed by atoms with Crippen LogP contribution in [0.5, 0.6) is 0 Å². The zero-order valence-corrected chi connectivity index (χ0v) is 10.4. The minimum absolute atomic E-state index is 0.658. The van der Waals surface area contributed by atoms with E-state index in [1.54, 1.807) is 7.11 Å². The van der Waals surface area contributed by atoms with Crippen LogP contribution < -0.4 is 5.32 Å². The van der Waals surface area contributed by atoms with Crippen LogP contribution in [0.25, 0.3) is 0 Å². The van der Waals surface area contributed by atoms with Gasteiger partial charge in [0.2, 0.25) is 6.39 Å². The van der Waals surface area contributed by atoms with Crippen molar-refractivity contribution in [3.05, 3.63) is 47.6 Å². The zero-order chi connectivity index (χ0) is 12.6. The summed E-state index contributed by atoms with van der Waals surface area (Å²) in [5, 5.41) is 7.09. The smallest absolute Gasteiger partial charge is 0.213 e. The van der Waals surface area contributed by atoms with Gasteiger partial charge < -0.3 is 14.6 Å². The van der Waals surface area contributed by atoms with E-state index in [0.717, 1.165) is 25.3 Å². The monoisotopic (exact) mass is 247 g/mol. The number of nitrogens with zero attached hydrogens (tertiary/aromatic N) is 2. The van der Waals surface area contributed by atoms with Gasteiger partial charge in [0.25, 0.3) is 0 Å². The van der Waals surface area contributed by atoms with Gasteiger partial charge in [0.15, 0.2) is 5.82 Å². The summed E-state index contributed by atoms with van der Waals surface area (Å²) < 4.78 is 9.73. The minimum Gasteiger partial charge on any atom is -0.380 e. The van der Waals surface area contributed by atoms with Gasteiger partial charge in [-0.1, -0.05) is 29.4 Å². The number of aromatic nitrogens is 2. The molecule has 1 heterocycles. The van der Waals surface area contributed by atoms with Crippen molar-refractivity contribution in [2.24, 2.45) is 0 Å². The third-order valence-electron chi connectivity index (χ3n) is 2.60. The van der Waals surface area contributed by atoms with E-state index in [1.165, 1.54) is 17.5 Å². The number of nitrogens with one attached hydrogen (secondary N) is 1. The van der Waals surface area contributed by atoms with E-state index in [4.69, 9.17) is 4.74 Å². The van der Waals surface area contributed by atoms with Crippen LogP contribution >= 0.6 is 0 Å². The first-order chi connectivity index (χ1) is 8.88. The highest BCUT2D eigenvalue weighted by Crippen LogP contribution is 2.05. The molecule has 0 fully saturated rings. The van der Waals surface area contributed by atoms with Gasteiger partial charge in [-0.3, -0.25) is 0 Å². The van der Waals surface area contributed by atoms with Crippen molar-refractivity contribution in [2.45, 2.75) is 19.6 Å². The average Bonchev–Trinajstić information content (AvgIpc) is 2.90. The maximum atomic E-state index is 5.07. The molecule has 0 bridgehead atoms. The second-order valence-electron chi connectivity index (χ2n) is 4.02. The molecule has 1 aromatic heterocycles. The van der Waals surface area contributed by atoms with Crippen LogP contribution in [-0.4, -0.2) is 23.8 Å². The lowest BCUT2D eigenvalue weighted by Gasteiger charge is -2.05. The highest BCUT2D eigenvalue weighted by Gasteiger charge is 1.98. The Morgan fingerprint density at radius 2 is 2.00 bits per heavy atom. The third-order valence-corrected chi connectivity index (χ3v) is 2.60. The SMILES string of the molecule is COCc1ccc(CNCCc2ncon2)cc1. The molecule has 5 heteroatoms. The first-order valence-corrected chi connectivity index (χ1v) is 5.91. The fourth-order valence-electron chi connectivity index (χ4n) is 1.66. The molecule has 5 nitrogen and oxygen atoms in total. The Labute approximate surface area is 106 Å². The molecule has 2 rings (SSSR count). The molecule has 0 aliphatic rings. The molecular weight excluding hydrogens is 230 g/mol. The minimum atomic E-state index is 0.658. The van der Waals surface area contributed by atoms with E-state index in [1.807, 2.05) is 0 Å². The molecule has 96 valence electrons. The number of ether oxygens (including phenoxy) is 1. The summed E-state index contributed by atoms with van der Waals surface area (Å²) in [6, 6.07) is 8.38. The summed E-state index contributed by atoms with van der Waals surface area (Å²) in [5.41, 5.74) is 2.44. The highest BCUT2D eigenvalue weighted by atomic mass is 16.5. The summed E-state index contributed by atoms with van der Waals surface area (Å²) in [5.74, 6) is 0.734. The highest BCUT2D eigenvalue weighted by molar-refractivity contribution is 5.21. The zero-order valence-electron chi connectivity index (χ0n) is 10.4. The number of hydrogen-bond donors (Lipinski definition) is 1. The van der Waals surface area contributed by atoms with Crippen molar-refractivity contribution in [1.29, 1.82) is 0 Å². The van der Waals surface area contributed by atoms with Gasteiger partial charge in [0.05, 0.1) is 6.61 Å². The first-order valence-electron chi connectivity index (χ1n) is 5.91. The van der Waals surface area contributed by atoms with E-state index >= 15 is 0 Å². The van der Waals surface area contributed by atoms with Gasteiger partial charge >= 0.3 is 0 Å². The van der Waals surface area contributed by atoms with Crippen molar-refractivity contribution in [2.75, 3.05) is 13.7 Å². The fourth-order valence-corrected chi connectivity index (χ4v) is 1.66. The van der Waals surface area contributed by atoms with Crippen LogP contribution in [0.15, 0.2) is 35.2 Å². The lowest BCUT2D eigenvalue weighted by Crippen LogP contribution is -2.17. The molecule has 0 amide bonds. The molecule has 18 heavy (non-hydrogen) atoms. The quantitative estimate of drug-likeness (QED) is 0.752. The standard InChI is InChI=1S/C13H17N3O2/c1-17-9-12-4-2-11(3-5-12)8-14-7-6-13-15-10-18-16-13/h2-5,10,14H,6-9H2,1H3. The van der Waals surface area contributed by atoms with Crippen molar-refractivity contribution < 1.29 is 9.26 Å². The van der Waals surface area contributed by atoms with Gasteiger partial charge in [0.1, 0.15) is 0 Å². The molecule has 0 saturated heterocycles. The Bertz CT molecular complexity index is 440. The van der Waals surface area contributed by atoms with Crippen molar-refractivity contribution >= 4 is 0 Å². The number of benzene rings is 1. The molecule has 0 radical (unpaired) electrons. The third kappa shape index (κ3) is 3.94. The van der Waals surface area contributed by atoms with E-state index in [-0.39, 0.29) is 0 Å². The van der Waals surface area contributed by atoms with Gasteiger partial charge in [-0.05, 0) is 11.1 Å². The van der Waals surface area contributed by atoms with Crippen molar-refractivity contribution in [3.63, 3.8) is 0 Å². The van der Waals surface area contributed by atoms with Crippen LogP contribution in [0.2, 0.25) is 0 Å². The van der Waals surface area contributed by atoms with Crippen LogP contribution in [0, 0.1) is 0 Å². The predicted octanol–water partition coefficient (Wildman–Crippen LogP) is 1.55. The summed E-state index contributed by atoms with van der Waals surface area (Å²) in [6.45, 7) is 2.33. The molecule has 1 N–H and O–H groups in total. The fraction of sp³-hybridized carbons (Fsp3) is 0.385. The Balaban J connectivity index is 1.69. The number of rotatable bonds is 7. The van der Waals surface area contributed by atoms with E-state index < -0.39 is 0 Å². The van der Waals surface area contributed by atoms with E-state index in [0.29, 0.717) is 6.61 Å². The van der Waals surface area contributed by atoms with Gasteiger partial charge in [-0.15, -0.1) is 0 Å². The maximum Gasteiger partial charge on any atom is 0.213 e. The average molecular weight is 247 g/mol. The Hall–Kier alpha value is -1.72. The molecule has 0 saturated carbocycles. The molecule has 0 aliphatic heterocycles. The second kappa shape index (κ2) is 6.88. The van der Waals surface area contributed by atoms with Crippen molar-refractivity contribution in [3.8, 4) is 0 Å².